The molecule has 0 saturated carbocycles. The van der Waals surface area contributed by atoms with Crippen molar-refractivity contribution in [2.45, 2.75) is 45.4 Å². The van der Waals surface area contributed by atoms with Crippen LogP contribution >= 0.6 is 22.9 Å². The number of likely N-dealkylation sites (tertiary alicyclic amines) is 1. The van der Waals surface area contributed by atoms with E-state index in [4.69, 9.17) is 11.6 Å². The van der Waals surface area contributed by atoms with Gasteiger partial charge in [-0.2, -0.15) is 0 Å². The fourth-order valence-corrected chi connectivity index (χ4v) is 4.52. The quantitative estimate of drug-likeness (QED) is 0.431. The number of halogens is 1. The molecule has 0 radical (unpaired) electrons. The van der Waals surface area contributed by atoms with E-state index in [1.807, 2.05) is 24.6 Å². The third-order valence-corrected chi connectivity index (χ3v) is 6.69. The first kappa shape index (κ1) is 22.0. The Balaban J connectivity index is 1.63. The van der Waals surface area contributed by atoms with Gasteiger partial charge in [-0.3, -0.25) is 4.90 Å². The summed E-state index contributed by atoms with van der Waals surface area (Å²) in [6, 6.07) is 4.15. The summed E-state index contributed by atoms with van der Waals surface area (Å²) in [5.41, 5.74) is 0. The number of aliphatic hydroxyl groups is 1. The molecule has 3 N–H and O–H groups in total. The summed E-state index contributed by atoms with van der Waals surface area (Å²) >= 11 is 7.37. The van der Waals surface area contributed by atoms with E-state index in [2.05, 4.69) is 37.6 Å². The maximum atomic E-state index is 10.4. The maximum Gasteiger partial charge on any atom is 0.191 e. The zero-order valence-corrected chi connectivity index (χ0v) is 18.8. The molecule has 3 heterocycles. The standard InChI is InChI=1S/C19H30ClN7OS/c1-4-27-9-5-6-14(27)10-21-19(23-12-18-25-24-13(2)26(18)3)22-11-15(28)16-7-8-17(20)29-16/h7-8,14-15,28H,4-6,9-12H2,1-3H3,(H2,21,22,23). The van der Waals surface area contributed by atoms with Gasteiger partial charge < -0.3 is 20.3 Å². The zero-order chi connectivity index (χ0) is 20.8. The number of likely N-dealkylation sites (N-methyl/N-ethyl adjacent to an activating group) is 1. The molecular formula is C19H30ClN7OS. The Morgan fingerprint density at radius 2 is 2.24 bits per heavy atom. The van der Waals surface area contributed by atoms with Gasteiger partial charge in [0.1, 0.15) is 18.5 Å². The van der Waals surface area contributed by atoms with Crippen LogP contribution in [0.4, 0.5) is 0 Å². The van der Waals surface area contributed by atoms with Crippen LogP contribution in [0.2, 0.25) is 4.34 Å². The fourth-order valence-electron chi connectivity index (χ4n) is 3.47. The number of aryl methyl sites for hydroxylation is 1. The lowest BCUT2D eigenvalue weighted by molar-refractivity contribution is 0.184. The third-order valence-electron chi connectivity index (χ3n) is 5.36. The van der Waals surface area contributed by atoms with Crippen LogP contribution < -0.4 is 10.6 Å². The van der Waals surface area contributed by atoms with E-state index < -0.39 is 6.10 Å². The summed E-state index contributed by atoms with van der Waals surface area (Å²) in [5.74, 6) is 2.31. The minimum absolute atomic E-state index is 0.350. The fraction of sp³-hybridized carbons (Fsp3) is 0.632. The molecule has 3 rings (SSSR count). The highest BCUT2D eigenvalue weighted by atomic mass is 35.5. The van der Waals surface area contributed by atoms with Gasteiger partial charge in [-0.1, -0.05) is 18.5 Å². The number of thiophene rings is 1. The highest BCUT2D eigenvalue weighted by Gasteiger charge is 2.23. The van der Waals surface area contributed by atoms with Gasteiger partial charge in [-0.05, 0) is 45.0 Å². The highest BCUT2D eigenvalue weighted by Crippen LogP contribution is 2.26. The number of aliphatic imine (C=N–C) groups is 1. The Morgan fingerprint density at radius 3 is 2.90 bits per heavy atom. The van der Waals surface area contributed by atoms with Crippen LogP contribution in [0.5, 0.6) is 0 Å². The second kappa shape index (κ2) is 10.4. The summed E-state index contributed by atoms with van der Waals surface area (Å²) < 4.78 is 2.60. The summed E-state index contributed by atoms with van der Waals surface area (Å²) in [6.45, 7) is 7.90. The van der Waals surface area contributed by atoms with Crippen LogP contribution in [0.1, 0.15) is 42.4 Å². The number of nitrogens with one attached hydrogen (secondary N) is 2. The van der Waals surface area contributed by atoms with Crippen LogP contribution in [-0.4, -0.2) is 63.0 Å². The van der Waals surface area contributed by atoms with Crippen molar-refractivity contribution in [1.29, 1.82) is 0 Å². The maximum absolute atomic E-state index is 10.4. The van der Waals surface area contributed by atoms with E-state index >= 15 is 0 Å². The highest BCUT2D eigenvalue weighted by molar-refractivity contribution is 7.16. The predicted molar refractivity (Wildman–Crippen MR) is 117 cm³/mol. The first-order valence-corrected chi connectivity index (χ1v) is 11.2. The van der Waals surface area contributed by atoms with Crippen LogP contribution in [0, 0.1) is 6.92 Å². The van der Waals surface area contributed by atoms with E-state index in [-0.39, 0.29) is 0 Å². The van der Waals surface area contributed by atoms with Gasteiger partial charge in [0.15, 0.2) is 11.8 Å². The lowest BCUT2D eigenvalue weighted by atomic mass is 10.2. The van der Waals surface area contributed by atoms with Crippen molar-refractivity contribution >= 4 is 28.9 Å². The number of nitrogens with zero attached hydrogens (tertiary/aromatic N) is 5. The van der Waals surface area contributed by atoms with Crippen molar-refractivity contribution < 1.29 is 5.11 Å². The van der Waals surface area contributed by atoms with Gasteiger partial charge >= 0.3 is 0 Å². The van der Waals surface area contributed by atoms with Crippen molar-refractivity contribution in [2.75, 3.05) is 26.2 Å². The van der Waals surface area contributed by atoms with E-state index in [9.17, 15) is 5.11 Å². The number of hydrogen-bond donors (Lipinski definition) is 3. The number of guanidine groups is 1. The summed E-state index contributed by atoms with van der Waals surface area (Å²) in [5, 5.41) is 25.4. The molecule has 0 amide bonds. The number of rotatable bonds is 8. The minimum Gasteiger partial charge on any atom is -0.386 e. The molecule has 2 unspecified atom stereocenters. The molecule has 1 aliphatic rings. The monoisotopic (exact) mass is 439 g/mol. The summed E-state index contributed by atoms with van der Waals surface area (Å²) in [6.07, 6.45) is 1.78. The normalized spacial score (nSPS) is 18.9. The van der Waals surface area contributed by atoms with E-state index in [0.717, 1.165) is 36.2 Å². The van der Waals surface area contributed by atoms with Gasteiger partial charge in [0, 0.05) is 31.1 Å². The average Bonchev–Trinajstić information content (AvgIpc) is 3.43. The van der Waals surface area contributed by atoms with Crippen LogP contribution in [0.25, 0.3) is 0 Å². The van der Waals surface area contributed by atoms with Crippen LogP contribution in [-0.2, 0) is 13.6 Å². The molecule has 10 heteroatoms. The smallest absolute Gasteiger partial charge is 0.191 e. The topological polar surface area (TPSA) is 90.6 Å². The van der Waals surface area contributed by atoms with E-state index in [1.54, 1.807) is 6.07 Å². The largest absolute Gasteiger partial charge is 0.386 e. The third kappa shape index (κ3) is 5.91. The van der Waals surface area contributed by atoms with Gasteiger partial charge in [-0.25, -0.2) is 4.99 Å². The van der Waals surface area contributed by atoms with Crippen molar-refractivity contribution in [1.82, 2.24) is 30.3 Å². The Labute approximate surface area is 181 Å². The van der Waals surface area contributed by atoms with E-state index in [0.29, 0.717) is 29.4 Å². The molecule has 2 aromatic rings. The Hall–Kier alpha value is -1.68. The van der Waals surface area contributed by atoms with Gasteiger partial charge in [0.25, 0.3) is 0 Å². The Kier molecular flexibility index (Phi) is 7.88. The molecule has 0 aliphatic carbocycles. The second-order valence-electron chi connectivity index (χ2n) is 7.23. The molecule has 2 aromatic heterocycles. The number of hydrogen-bond acceptors (Lipinski definition) is 6. The molecule has 0 bridgehead atoms. The SMILES string of the molecule is CCN1CCCC1CNC(=NCc1nnc(C)n1C)NCC(O)c1ccc(Cl)s1. The lowest BCUT2D eigenvalue weighted by Gasteiger charge is -2.24. The van der Waals surface area contributed by atoms with Crippen LogP contribution in [0.15, 0.2) is 17.1 Å². The van der Waals surface area contributed by atoms with Crippen LogP contribution in [0.3, 0.4) is 0 Å². The molecule has 2 atom stereocenters. The van der Waals surface area contributed by atoms with Gasteiger partial charge in [0.05, 0.1) is 4.34 Å². The predicted octanol–water partition coefficient (Wildman–Crippen LogP) is 2.09. The van der Waals surface area contributed by atoms with E-state index in [1.165, 1.54) is 24.2 Å². The molecule has 1 fully saturated rings. The van der Waals surface area contributed by atoms with Gasteiger partial charge in [-0.15, -0.1) is 21.5 Å². The molecular weight excluding hydrogens is 410 g/mol. The van der Waals surface area contributed by atoms with Crippen molar-refractivity contribution in [3.63, 3.8) is 0 Å². The zero-order valence-electron chi connectivity index (χ0n) is 17.2. The lowest BCUT2D eigenvalue weighted by Crippen LogP contribution is -2.45. The van der Waals surface area contributed by atoms with Crippen molar-refractivity contribution in [3.8, 4) is 0 Å². The Morgan fingerprint density at radius 1 is 1.41 bits per heavy atom. The molecule has 1 saturated heterocycles. The molecule has 0 aromatic carbocycles. The van der Waals surface area contributed by atoms with Crippen molar-refractivity contribution in [3.05, 3.63) is 33.0 Å². The Bertz CT molecular complexity index is 821. The number of aromatic nitrogens is 3. The summed E-state index contributed by atoms with van der Waals surface area (Å²) in [7, 11) is 1.93. The molecule has 8 nitrogen and oxygen atoms in total. The summed E-state index contributed by atoms with van der Waals surface area (Å²) in [4.78, 5) is 7.99. The van der Waals surface area contributed by atoms with Gasteiger partial charge in [0.2, 0.25) is 0 Å². The first-order chi connectivity index (χ1) is 14.0. The van der Waals surface area contributed by atoms with Crippen molar-refractivity contribution in [2.24, 2.45) is 12.0 Å². The second-order valence-corrected chi connectivity index (χ2v) is 8.98. The minimum atomic E-state index is -0.643. The molecule has 160 valence electrons. The molecule has 29 heavy (non-hydrogen) atoms. The molecule has 0 spiro atoms. The molecule has 1 aliphatic heterocycles. The average molecular weight is 440 g/mol. The number of aliphatic hydroxyl groups excluding tert-OH is 1. The first-order valence-electron chi connectivity index (χ1n) is 10.0.